The first-order chi connectivity index (χ1) is 15.4. The average Bonchev–Trinajstić information content (AvgIpc) is 2.77. The molecule has 0 unspecified atom stereocenters. The van der Waals surface area contributed by atoms with E-state index < -0.39 is 34.9 Å². The highest BCUT2D eigenvalue weighted by Gasteiger charge is 2.23. The topological polar surface area (TPSA) is 0 Å². The zero-order chi connectivity index (χ0) is 22.6. The molecule has 0 fully saturated rings. The van der Waals surface area contributed by atoms with E-state index in [4.69, 9.17) is 0 Å². The lowest BCUT2D eigenvalue weighted by atomic mass is 9.85. The molecule has 0 atom stereocenters. The van der Waals surface area contributed by atoms with E-state index in [2.05, 4.69) is 0 Å². The van der Waals surface area contributed by atoms with Gasteiger partial charge in [-0.25, -0.2) is 26.3 Å². The Kier molecular flexibility index (Phi) is 4.66. The van der Waals surface area contributed by atoms with Gasteiger partial charge in [-0.2, -0.15) is 0 Å². The second kappa shape index (κ2) is 7.41. The van der Waals surface area contributed by atoms with Crippen LogP contribution in [0.25, 0.3) is 43.8 Å². The number of benzene rings is 5. The van der Waals surface area contributed by atoms with E-state index in [-0.39, 0.29) is 33.0 Å². The minimum atomic E-state index is -1.15. The Morgan fingerprint density at radius 2 is 1.03 bits per heavy atom. The largest absolute Gasteiger partial charge is 0.207 e. The molecule has 0 nitrogen and oxygen atoms in total. The van der Waals surface area contributed by atoms with Gasteiger partial charge < -0.3 is 0 Å². The monoisotopic (exact) mass is 438 g/mol. The van der Waals surface area contributed by atoms with Crippen molar-refractivity contribution in [1.82, 2.24) is 0 Å². The van der Waals surface area contributed by atoms with Crippen molar-refractivity contribution >= 4 is 21.5 Å². The van der Waals surface area contributed by atoms with Crippen molar-refractivity contribution in [3.63, 3.8) is 0 Å². The van der Waals surface area contributed by atoms with Crippen LogP contribution in [0.1, 0.15) is 0 Å². The van der Waals surface area contributed by atoms with Gasteiger partial charge in [0.15, 0.2) is 11.6 Å². The van der Waals surface area contributed by atoms with Gasteiger partial charge in [-0.1, -0.05) is 30.3 Å². The Balaban J connectivity index is 2.06. The van der Waals surface area contributed by atoms with Crippen molar-refractivity contribution in [2.75, 3.05) is 0 Å². The van der Waals surface area contributed by atoms with Crippen molar-refractivity contribution in [3.8, 4) is 22.3 Å². The second-order valence-electron chi connectivity index (χ2n) is 7.33. The smallest absolute Gasteiger partial charge is 0.159 e. The standard InChI is InChI=1S/C26H12F6/c27-14-6-7-17(21(31)12-14)24-16-4-2-1-3-15(16)23(13-5-8-18(28)22(32)11-13)25-19(29)9-10-20(30)26(24)25/h1-12H. The van der Waals surface area contributed by atoms with Crippen LogP contribution in [0.5, 0.6) is 0 Å². The third kappa shape index (κ3) is 3.02. The van der Waals surface area contributed by atoms with Crippen LogP contribution in [-0.2, 0) is 0 Å². The number of rotatable bonds is 2. The first kappa shape index (κ1) is 20.1. The lowest BCUT2D eigenvalue weighted by Crippen LogP contribution is -1.97. The van der Waals surface area contributed by atoms with Crippen molar-refractivity contribution in [2.24, 2.45) is 0 Å². The fourth-order valence-electron chi connectivity index (χ4n) is 4.15. The zero-order valence-corrected chi connectivity index (χ0v) is 16.2. The van der Waals surface area contributed by atoms with Crippen LogP contribution in [0.4, 0.5) is 26.3 Å². The Morgan fingerprint density at radius 3 is 1.66 bits per heavy atom. The summed E-state index contributed by atoms with van der Waals surface area (Å²) in [4.78, 5) is 0. The number of hydrogen-bond donors (Lipinski definition) is 0. The van der Waals surface area contributed by atoms with Gasteiger partial charge in [0.1, 0.15) is 23.3 Å². The van der Waals surface area contributed by atoms with Crippen molar-refractivity contribution < 1.29 is 26.3 Å². The molecule has 0 radical (unpaired) electrons. The fourth-order valence-corrected chi connectivity index (χ4v) is 4.15. The Morgan fingerprint density at radius 1 is 0.438 bits per heavy atom. The normalized spacial score (nSPS) is 11.4. The summed E-state index contributed by atoms with van der Waals surface area (Å²) in [6, 6.07) is 14.2. The lowest BCUT2D eigenvalue weighted by molar-refractivity contribution is 0.509. The van der Waals surface area contributed by atoms with Crippen LogP contribution in [0.2, 0.25) is 0 Å². The first-order valence-corrected chi connectivity index (χ1v) is 9.60. The summed E-state index contributed by atoms with van der Waals surface area (Å²) in [6.45, 7) is 0. The summed E-state index contributed by atoms with van der Waals surface area (Å²) in [5.41, 5.74) is 0.184. The van der Waals surface area contributed by atoms with Gasteiger partial charge in [-0.15, -0.1) is 0 Å². The maximum Gasteiger partial charge on any atom is 0.159 e. The van der Waals surface area contributed by atoms with E-state index in [0.29, 0.717) is 16.8 Å². The van der Waals surface area contributed by atoms with Crippen molar-refractivity contribution in [1.29, 1.82) is 0 Å². The van der Waals surface area contributed by atoms with Gasteiger partial charge >= 0.3 is 0 Å². The maximum absolute atomic E-state index is 15.2. The molecule has 158 valence electrons. The van der Waals surface area contributed by atoms with Gasteiger partial charge in [0.2, 0.25) is 0 Å². The van der Waals surface area contributed by atoms with E-state index in [0.717, 1.165) is 36.4 Å². The van der Waals surface area contributed by atoms with Gasteiger partial charge in [-0.05, 0) is 52.7 Å². The molecule has 0 bridgehead atoms. The molecule has 32 heavy (non-hydrogen) atoms. The highest BCUT2D eigenvalue weighted by molar-refractivity contribution is 6.21. The molecule has 0 aliphatic heterocycles. The van der Waals surface area contributed by atoms with Crippen LogP contribution in [0, 0.1) is 34.9 Å². The van der Waals surface area contributed by atoms with Gasteiger partial charge in [-0.3, -0.25) is 0 Å². The highest BCUT2D eigenvalue weighted by atomic mass is 19.2. The van der Waals surface area contributed by atoms with Gasteiger partial charge in [0.25, 0.3) is 0 Å². The quantitative estimate of drug-likeness (QED) is 0.193. The van der Waals surface area contributed by atoms with E-state index in [1.165, 1.54) is 6.07 Å². The van der Waals surface area contributed by atoms with Crippen LogP contribution in [0.15, 0.2) is 72.8 Å². The maximum atomic E-state index is 15.2. The summed E-state index contributed by atoms with van der Waals surface area (Å²) >= 11 is 0. The second-order valence-corrected chi connectivity index (χ2v) is 7.33. The van der Waals surface area contributed by atoms with E-state index in [1.807, 2.05) is 0 Å². The molecule has 0 amide bonds. The molecule has 0 saturated carbocycles. The Hall–Kier alpha value is -3.80. The lowest BCUT2D eigenvalue weighted by Gasteiger charge is -2.19. The predicted molar refractivity (Wildman–Crippen MR) is 112 cm³/mol. The van der Waals surface area contributed by atoms with E-state index in [9.17, 15) is 17.6 Å². The predicted octanol–water partition coefficient (Wildman–Crippen LogP) is 8.16. The van der Waals surface area contributed by atoms with Crippen molar-refractivity contribution in [2.45, 2.75) is 0 Å². The molecule has 0 aliphatic carbocycles. The first-order valence-electron chi connectivity index (χ1n) is 9.60. The number of halogens is 6. The van der Waals surface area contributed by atoms with Crippen LogP contribution in [-0.4, -0.2) is 0 Å². The highest BCUT2D eigenvalue weighted by Crippen LogP contribution is 2.46. The minimum absolute atomic E-state index is 0.0384. The molecule has 6 heteroatoms. The molecular formula is C26H12F6. The van der Waals surface area contributed by atoms with Crippen LogP contribution < -0.4 is 0 Å². The van der Waals surface area contributed by atoms with Gasteiger partial charge in [0, 0.05) is 33.5 Å². The molecule has 5 rings (SSSR count). The summed E-state index contributed by atoms with van der Waals surface area (Å²) in [7, 11) is 0. The summed E-state index contributed by atoms with van der Waals surface area (Å²) < 4.78 is 86.4. The zero-order valence-electron chi connectivity index (χ0n) is 16.2. The summed E-state index contributed by atoms with van der Waals surface area (Å²) in [6.07, 6.45) is 0. The molecule has 0 spiro atoms. The molecule has 0 aliphatic rings. The number of hydrogen-bond acceptors (Lipinski definition) is 0. The molecule has 5 aromatic carbocycles. The SMILES string of the molecule is Fc1ccc(-c2c3ccccc3c(-c3ccc(F)c(F)c3)c3c(F)ccc(F)c23)c(F)c1. The van der Waals surface area contributed by atoms with Crippen LogP contribution >= 0.6 is 0 Å². The molecule has 0 saturated heterocycles. The van der Waals surface area contributed by atoms with E-state index >= 15 is 8.78 Å². The minimum Gasteiger partial charge on any atom is -0.207 e. The third-order valence-electron chi connectivity index (χ3n) is 5.48. The summed E-state index contributed by atoms with van der Waals surface area (Å²) in [5.74, 6) is -5.65. The number of fused-ring (bicyclic) bond motifs is 2. The fraction of sp³-hybridized carbons (Fsp3) is 0. The summed E-state index contributed by atoms with van der Waals surface area (Å²) in [5, 5.41) is 0.256. The Bertz CT molecular complexity index is 1540. The Labute approximate surface area is 178 Å². The van der Waals surface area contributed by atoms with E-state index in [1.54, 1.807) is 24.3 Å². The van der Waals surface area contributed by atoms with Crippen LogP contribution in [0.3, 0.4) is 0 Å². The van der Waals surface area contributed by atoms with Crippen molar-refractivity contribution in [3.05, 3.63) is 108 Å². The average molecular weight is 438 g/mol. The molecular weight excluding hydrogens is 426 g/mol. The molecule has 5 aromatic rings. The molecule has 0 aromatic heterocycles. The van der Waals surface area contributed by atoms with Gasteiger partial charge in [0.05, 0.1) is 0 Å². The molecule has 0 heterocycles. The molecule has 0 N–H and O–H groups in total. The third-order valence-corrected chi connectivity index (χ3v) is 5.48.